The normalized spacial score (nSPS) is 12.0. The minimum absolute atomic E-state index is 0.160. The van der Waals surface area contributed by atoms with E-state index >= 15 is 0 Å². The second-order valence-electron chi connectivity index (χ2n) is 5.85. The van der Waals surface area contributed by atoms with E-state index in [1.165, 1.54) is 5.56 Å². The van der Waals surface area contributed by atoms with Crippen molar-refractivity contribution in [3.63, 3.8) is 0 Å². The highest BCUT2D eigenvalue weighted by molar-refractivity contribution is 5.48. The molecule has 2 aromatic rings. The average Bonchev–Trinajstić information content (AvgIpc) is 2.55. The summed E-state index contributed by atoms with van der Waals surface area (Å²) in [6.07, 6.45) is 1.32. The third kappa shape index (κ3) is 4.60. The Morgan fingerprint density at radius 1 is 1.13 bits per heavy atom. The van der Waals surface area contributed by atoms with E-state index in [2.05, 4.69) is 18.7 Å². The molecule has 0 radical (unpaired) electrons. The first-order chi connectivity index (χ1) is 11.0. The van der Waals surface area contributed by atoms with Crippen molar-refractivity contribution in [1.29, 1.82) is 0 Å². The number of hydrogen-bond acceptors (Lipinski definition) is 3. The van der Waals surface area contributed by atoms with E-state index in [0.29, 0.717) is 23.3 Å². The molecule has 2 N–H and O–H groups in total. The van der Waals surface area contributed by atoms with Crippen LogP contribution in [0.5, 0.6) is 11.5 Å². The van der Waals surface area contributed by atoms with Gasteiger partial charge < -0.3 is 14.9 Å². The Balaban J connectivity index is 2.17. The molecule has 0 aliphatic carbocycles. The Morgan fingerprint density at radius 2 is 1.78 bits per heavy atom. The molecule has 23 heavy (non-hydrogen) atoms. The van der Waals surface area contributed by atoms with Gasteiger partial charge in [0.2, 0.25) is 0 Å². The van der Waals surface area contributed by atoms with Crippen molar-refractivity contribution in [2.75, 3.05) is 7.11 Å². The molecular weight excluding hydrogens is 288 g/mol. The van der Waals surface area contributed by atoms with E-state index in [1.54, 1.807) is 20.1 Å². The Hall–Kier alpha value is -2.26. The lowest BCUT2D eigenvalue weighted by Gasteiger charge is -2.16. The van der Waals surface area contributed by atoms with Crippen molar-refractivity contribution >= 4 is 0 Å². The Kier molecular flexibility index (Phi) is 5.83. The molecule has 3 nitrogen and oxygen atoms in total. The fourth-order valence-corrected chi connectivity index (χ4v) is 2.52. The summed E-state index contributed by atoms with van der Waals surface area (Å²) in [4.78, 5) is 0. The monoisotopic (exact) mass is 312 g/mol. The van der Waals surface area contributed by atoms with Crippen molar-refractivity contribution in [1.82, 2.24) is 0 Å². The quantitative estimate of drug-likeness (QED) is 0.767. The van der Waals surface area contributed by atoms with Gasteiger partial charge in [0, 0.05) is 12.0 Å². The average molecular weight is 312 g/mol. The van der Waals surface area contributed by atoms with Crippen molar-refractivity contribution in [3.8, 4) is 11.5 Å². The number of aliphatic hydroxyl groups is 1. The lowest BCUT2D eigenvalue weighted by molar-refractivity contribution is 0.209. The zero-order valence-electron chi connectivity index (χ0n) is 13.7. The van der Waals surface area contributed by atoms with Gasteiger partial charge in [-0.3, -0.25) is 0 Å². The van der Waals surface area contributed by atoms with Crippen LogP contribution in [0.2, 0.25) is 0 Å². The van der Waals surface area contributed by atoms with Crippen LogP contribution in [0.4, 0.5) is 0 Å². The summed E-state index contributed by atoms with van der Waals surface area (Å²) in [6.45, 7) is 5.51. The zero-order valence-corrected chi connectivity index (χ0v) is 13.7. The van der Waals surface area contributed by atoms with Gasteiger partial charge in [-0.15, -0.1) is 0 Å². The summed E-state index contributed by atoms with van der Waals surface area (Å²) in [5.41, 5.74) is 3.55. The molecule has 1 unspecified atom stereocenters. The summed E-state index contributed by atoms with van der Waals surface area (Å²) >= 11 is 0. The molecule has 0 saturated heterocycles. The minimum Gasteiger partial charge on any atom is -0.508 e. The second-order valence-corrected chi connectivity index (χ2v) is 5.85. The number of hydrogen-bond donors (Lipinski definition) is 2. The molecule has 0 aromatic heterocycles. The number of aromatic hydroxyl groups is 1. The first kappa shape index (κ1) is 17.1. The smallest absolute Gasteiger partial charge is 0.126 e. The van der Waals surface area contributed by atoms with Gasteiger partial charge in [0.15, 0.2) is 0 Å². The highest BCUT2D eigenvalue weighted by Gasteiger charge is 2.16. The van der Waals surface area contributed by atoms with Gasteiger partial charge in [0.1, 0.15) is 11.5 Å². The van der Waals surface area contributed by atoms with Crippen LogP contribution in [-0.4, -0.2) is 23.4 Å². The number of aliphatic hydroxyl groups excluding tert-OH is 1. The molecule has 0 aliphatic rings. The summed E-state index contributed by atoms with van der Waals surface area (Å²) < 4.78 is 5.40. The van der Waals surface area contributed by atoms with Crippen molar-refractivity contribution in [2.24, 2.45) is 0 Å². The molecule has 0 aliphatic heterocycles. The first-order valence-electron chi connectivity index (χ1n) is 7.77. The fraction of sp³-hybridized carbons (Fsp3) is 0.300. The van der Waals surface area contributed by atoms with Gasteiger partial charge in [-0.25, -0.2) is 0 Å². The van der Waals surface area contributed by atoms with E-state index in [1.807, 2.05) is 24.3 Å². The van der Waals surface area contributed by atoms with Gasteiger partial charge in [-0.2, -0.15) is 0 Å². The van der Waals surface area contributed by atoms with Gasteiger partial charge in [0.05, 0.1) is 13.2 Å². The summed E-state index contributed by atoms with van der Waals surface area (Å²) in [6, 6.07) is 13.9. The molecule has 0 amide bonds. The maximum atomic E-state index is 10.3. The van der Waals surface area contributed by atoms with Crippen LogP contribution >= 0.6 is 0 Å². The number of rotatable bonds is 7. The van der Waals surface area contributed by atoms with Gasteiger partial charge >= 0.3 is 0 Å². The third-order valence-corrected chi connectivity index (χ3v) is 3.98. The van der Waals surface area contributed by atoms with Crippen LogP contribution in [0.1, 0.15) is 23.6 Å². The molecule has 0 saturated carbocycles. The first-order valence-corrected chi connectivity index (χ1v) is 7.77. The van der Waals surface area contributed by atoms with Crippen LogP contribution < -0.4 is 4.74 Å². The molecule has 2 aromatic carbocycles. The molecular formula is C20H24O3. The summed E-state index contributed by atoms with van der Waals surface area (Å²) in [5.74, 6) is 0.765. The molecule has 1 atom stereocenters. The maximum Gasteiger partial charge on any atom is 0.126 e. The lowest BCUT2D eigenvalue weighted by atomic mass is 9.97. The predicted molar refractivity (Wildman–Crippen MR) is 93.0 cm³/mol. The lowest BCUT2D eigenvalue weighted by Crippen LogP contribution is -2.12. The SMILES string of the molecule is C=C(C)C(O)Cc1c(O)cc(CCc2ccccc2)cc1OC. The highest BCUT2D eigenvalue weighted by atomic mass is 16.5. The van der Waals surface area contributed by atoms with Crippen LogP contribution in [-0.2, 0) is 19.3 Å². The van der Waals surface area contributed by atoms with E-state index in [4.69, 9.17) is 4.74 Å². The highest BCUT2D eigenvalue weighted by Crippen LogP contribution is 2.32. The number of phenolic OH excluding ortho intramolecular Hbond substituents is 1. The standard InChI is InChI=1S/C20H24O3/c1-14(2)18(21)13-17-19(22)11-16(12-20(17)23-3)10-9-15-7-5-4-6-8-15/h4-8,11-12,18,21-22H,1,9-10,13H2,2-3H3. The summed E-state index contributed by atoms with van der Waals surface area (Å²) in [7, 11) is 1.58. The van der Waals surface area contributed by atoms with Crippen LogP contribution in [0.3, 0.4) is 0 Å². The fourth-order valence-electron chi connectivity index (χ4n) is 2.52. The van der Waals surface area contributed by atoms with E-state index in [9.17, 15) is 10.2 Å². The van der Waals surface area contributed by atoms with Crippen LogP contribution in [0.25, 0.3) is 0 Å². The Labute approximate surface area is 137 Å². The Morgan fingerprint density at radius 3 is 2.39 bits per heavy atom. The maximum absolute atomic E-state index is 10.3. The minimum atomic E-state index is -0.690. The van der Waals surface area contributed by atoms with Gasteiger partial charge in [-0.05, 0) is 43.0 Å². The molecule has 0 bridgehead atoms. The van der Waals surface area contributed by atoms with Crippen molar-refractivity contribution < 1.29 is 14.9 Å². The Bertz CT molecular complexity index is 662. The number of aryl methyl sites for hydroxylation is 2. The van der Waals surface area contributed by atoms with Crippen LogP contribution in [0.15, 0.2) is 54.6 Å². The number of benzene rings is 2. The van der Waals surface area contributed by atoms with E-state index < -0.39 is 6.10 Å². The molecule has 0 fully saturated rings. The number of methoxy groups -OCH3 is 1. The topological polar surface area (TPSA) is 49.7 Å². The predicted octanol–water partition coefficient (Wildman–Crippen LogP) is 3.67. The van der Waals surface area contributed by atoms with Crippen molar-refractivity contribution in [3.05, 3.63) is 71.3 Å². The molecule has 3 heteroatoms. The number of ether oxygens (including phenoxy) is 1. The molecule has 0 heterocycles. The van der Waals surface area contributed by atoms with Gasteiger partial charge in [0.25, 0.3) is 0 Å². The molecule has 122 valence electrons. The van der Waals surface area contributed by atoms with Gasteiger partial charge in [-0.1, -0.05) is 42.5 Å². The van der Waals surface area contributed by atoms with Crippen LogP contribution in [0, 0.1) is 0 Å². The molecule has 0 spiro atoms. The zero-order chi connectivity index (χ0) is 16.8. The molecule has 2 rings (SSSR count). The second kappa shape index (κ2) is 7.84. The van der Waals surface area contributed by atoms with Crippen molar-refractivity contribution in [2.45, 2.75) is 32.3 Å². The number of phenols is 1. The summed E-state index contributed by atoms with van der Waals surface area (Å²) in [5, 5.41) is 20.3. The van der Waals surface area contributed by atoms with E-state index in [-0.39, 0.29) is 5.75 Å². The largest absolute Gasteiger partial charge is 0.508 e. The van der Waals surface area contributed by atoms with E-state index in [0.717, 1.165) is 18.4 Å². The third-order valence-electron chi connectivity index (χ3n) is 3.98.